The number of nitrogens with one attached hydrogen (secondary N) is 1. The summed E-state index contributed by atoms with van der Waals surface area (Å²) in [5.41, 5.74) is 0.978. The van der Waals surface area contributed by atoms with Crippen LogP contribution in [0.15, 0.2) is 36.5 Å². The monoisotopic (exact) mass is 276 g/mol. The Hall–Kier alpha value is -2.63. The molecule has 0 atom stereocenters. The number of ether oxygens (including phenoxy) is 2. The fraction of sp³-hybridized carbons (Fsp3) is 0.143. The van der Waals surface area contributed by atoms with Gasteiger partial charge in [-0.05, 0) is 36.8 Å². The summed E-state index contributed by atoms with van der Waals surface area (Å²) in [5.74, 6) is 0.541. The van der Waals surface area contributed by atoms with Crippen molar-refractivity contribution in [2.24, 2.45) is 0 Å². The number of rotatable bonds is 3. The van der Waals surface area contributed by atoms with Crippen LogP contribution in [0.1, 0.15) is 5.56 Å². The van der Waals surface area contributed by atoms with E-state index in [9.17, 15) is 9.18 Å². The zero-order valence-corrected chi connectivity index (χ0v) is 11.0. The Balaban J connectivity index is 2.06. The highest BCUT2D eigenvalue weighted by atomic mass is 19.1. The summed E-state index contributed by atoms with van der Waals surface area (Å²) in [4.78, 5) is 15.0. The van der Waals surface area contributed by atoms with Gasteiger partial charge in [-0.2, -0.15) is 0 Å². The Morgan fingerprint density at radius 2 is 2.10 bits per heavy atom. The van der Waals surface area contributed by atoms with Crippen molar-refractivity contribution in [3.63, 3.8) is 0 Å². The third kappa shape index (κ3) is 3.44. The van der Waals surface area contributed by atoms with Crippen LogP contribution in [0.25, 0.3) is 0 Å². The fourth-order valence-corrected chi connectivity index (χ4v) is 1.48. The van der Waals surface area contributed by atoms with Crippen molar-refractivity contribution in [1.29, 1.82) is 0 Å². The molecule has 20 heavy (non-hydrogen) atoms. The molecule has 0 saturated carbocycles. The molecule has 2 rings (SSSR count). The Labute approximate surface area is 115 Å². The summed E-state index contributed by atoms with van der Waals surface area (Å²) in [6, 6.07) is 7.64. The molecule has 2 aromatic rings. The van der Waals surface area contributed by atoms with Crippen molar-refractivity contribution in [3.05, 3.63) is 47.9 Å². The lowest BCUT2D eigenvalue weighted by atomic mass is 10.2. The van der Waals surface area contributed by atoms with Gasteiger partial charge in [0, 0.05) is 6.07 Å². The molecule has 0 radical (unpaired) electrons. The van der Waals surface area contributed by atoms with E-state index in [1.807, 2.05) is 0 Å². The second-order valence-corrected chi connectivity index (χ2v) is 4.01. The van der Waals surface area contributed by atoms with Crippen LogP contribution in [0.4, 0.5) is 14.9 Å². The van der Waals surface area contributed by atoms with Crippen molar-refractivity contribution in [2.75, 3.05) is 12.4 Å². The largest absolute Gasteiger partial charge is 0.453 e. The number of anilines is 1. The van der Waals surface area contributed by atoms with Crippen LogP contribution in [-0.2, 0) is 4.74 Å². The third-order valence-corrected chi connectivity index (χ3v) is 2.52. The molecule has 0 spiro atoms. The van der Waals surface area contributed by atoms with Crippen molar-refractivity contribution in [1.82, 2.24) is 4.98 Å². The molecule has 1 aromatic heterocycles. The minimum Gasteiger partial charge on any atom is -0.453 e. The first-order valence-corrected chi connectivity index (χ1v) is 5.83. The third-order valence-electron chi connectivity index (χ3n) is 2.52. The first-order chi connectivity index (χ1) is 9.58. The number of halogens is 1. The maximum Gasteiger partial charge on any atom is 0.411 e. The zero-order valence-electron chi connectivity index (χ0n) is 11.0. The highest BCUT2D eigenvalue weighted by molar-refractivity contribution is 5.84. The van der Waals surface area contributed by atoms with E-state index in [0.29, 0.717) is 22.9 Å². The van der Waals surface area contributed by atoms with Gasteiger partial charge >= 0.3 is 6.09 Å². The Morgan fingerprint density at radius 3 is 2.70 bits per heavy atom. The smallest absolute Gasteiger partial charge is 0.411 e. The van der Waals surface area contributed by atoms with Gasteiger partial charge in [0.2, 0.25) is 5.88 Å². The number of carbonyl (C=O) groups is 1. The molecule has 0 aliphatic heterocycles. The first-order valence-electron chi connectivity index (χ1n) is 5.83. The zero-order chi connectivity index (χ0) is 14.5. The van der Waals surface area contributed by atoms with E-state index in [4.69, 9.17) is 4.74 Å². The predicted octanol–water partition coefficient (Wildman–Crippen LogP) is 3.50. The van der Waals surface area contributed by atoms with Crippen LogP contribution >= 0.6 is 0 Å². The highest BCUT2D eigenvalue weighted by Crippen LogP contribution is 2.22. The molecule has 0 fully saturated rings. The topological polar surface area (TPSA) is 60.5 Å². The van der Waals surface area contributed by atoms with Gasteiger partial charge in [0.25, 0.3) is 0 Å². The lowest BCUT2D eigenvalue weighted by Gasteiger charge is -2.07. The van der Waals surface area contributed by atoms with Crippen molar-refractivity contribution < 1.29 is 18.7 Å². The second kappa shape index (κ2) is 6.01. The summed E-state index contributed by atoms with van der Waals surface area (Å²) in [6.07, 6.45) is 0.859. The highest BCUT2D eigenvalue weighted by Gasteiger charge is 2.04. The van der Waals surface area contributed by atoms with E-state index in [1.54, 1.807) is 25.1 Å². The normalized spacial score (nSPS) is 9.95. The molecule has 6 heteroatoms. The van der Waals surface area contributed by atoms with Crippen LogP contribution in [0.2, 0.25) is 0 Å². The Morgan fingerprint density at radius 1 is 1.30 bits per heavy atom. The fourth-order valence-electron chi connectivity index (χ4n) is 1.48. The number of aromatic nitrogens is 1. The summed E-state index contributed by atoms with van der Waals surface area (Å²) in [6.45, 7) is 1.65. The lowest BCUT2D eigenvalue weighted by molar-refractivity contribution is 0.187. The second-order valence-electron chi connectivity index (χ2n) is 4.01. The lowest BCUT2D eigenvalue weighted by Crippen LogP contribution is -2.10. The van der Waals surface area contributed by atoms with Crippen LogP contribution in [0, 0.1) is 12.7 Å². The van der Waals surface area contributed by atoms with Crippen LogP contribution in [-0.4, -0.2) is 18.2 Å². The number of aryl methyl sites for hydroxylation is 1. The quantitative estimate of drug-likeness (QED) is 0.932. The summed E-state index contributed by atoms with van der Waals surface area (Å²) in [7, 11) is 1.27. The number of carbonyl (C=O) groups excluding carboxylic acids is 1. The standard InChI is InChI=1S/C14H13FN2O3/c1-9-7-11(4-5-12(9)15)20-13-6-3-10(8-16-13)17-14(18)19-2/h3-8H,1-2H3,(H,17,18). The van der Waals surface area contributed by atoms with Gasteiger partial charge in [-0.1, -0.05) is 0 Å². The molecule has 0 bridgehead atoms. The molecular weight excluding hydrogens is 263 g/mol. The van der Waals surface area contributed by atoms with Gasteiger partial charge < -0.3 is 9.47 Å². The number of hydrogen-bond acceptors (Lipinski definition) is 4. The minimum atomic E-state index is -0.574. The van der Waals surface area contributed by atoms with E-state index < -0.39 is 6.09 Å². The van der Waals surface area contributed by atoms with Crippen molar-refractivity contribution in [2.45, 2.75) is 6.92 Å². The van der Waals surface area contributed by atoms with Gasteiger partial charge in [0.1, 0.15) is 11.6 Å². The number of benzene rings is 1. The number of nitrogens with zero attached hydrogens (tertiary/aromatic N) is 1. The summed E-state index contributed by atoms with van der Waals surface area (Å²) in [5, 5.41) is 2.47. The molecule has 5 nitrogen and oxygen atoms in total. The number of pyridine rings is 1. The summed E-state index contributed by atoms with van der Waals surface area (Å²) < 4.78 is 23.1. The SMILES string of the molecule is COC(=O)Nc1ccc(Oc2ccc(F)c(C)c2)nc1. The molecule has 1 heterocycles. The molecule has 1 aromatic carbocycles. The molecular formula is C14H13FN2O3. The average Bonchev–Trinajstić information content (AvgIpc) is 2.45. The number of methoxy groups -OCH3 is 1. The van der Waals surface area contributed by atoms with E-state index >= 15 is 0 Å². The molecule has 1 N–H and O–H groups in total. The molecule has 0 aliphatic carbocycles. The van der Waals surface area contributed by atoms with Crippen LogP contribution in [0.5, 0.6) is 11.6 Å². The molecule has 0 saturated heterocycles. The number of hydrogen-bond donors (Lipinski definition) is 1. The van der Waals surface area contributed by atoms with Crippen LogP contribution in [0.3, 0.4) is 0 Å². The minimum absolute atomic E-state index is 0.289. The van der Waals surface area contributed by atoms with E-state index in [2.05, 4.69) is 15.0 Å². The van der Waals surface area contributed by atoms with Gasteiger partial charge in [0.15, 0.2) is 0 Å². The molecule has 0 aliphatic rings. The Bertz CT molecular complexity index is 614. The van der Waals surface area contributed by atoms with Crippen molar-refractivity contribution in [3.8, 4) is 11.6 Å². The van der Waals surface area contributed by atoms with E-state index in [0.717, 1.165) is 0 Å². The van der Waals surface area contributed by atoms with Crippen LogP contribution < -0.4 is 10.1 Å². The molecule has 1 amide bonds. The Kier molecular flexibility index (Phi) is 4.14. The van der Waals surface area contributed by atoms with Gasteiger partial charge in [0.05, 0.1) is 19.0 Å². The van der Waals surface area contributed by atoms with E-state index in [1.165, 1.54) is 25.4 Å². The molecule has 0 unspecified atom stereocenters. The van der Waals surface area contributed by atoms with Crippen molar-refractivity contribution >= 4 is 11.8 Å². The van der Waals surface area contributed by atoms with Gasteiger partial charge in [-0.3, -0.25) is 5.32 Å². The molecule has 104 valence electrons. The average molecular weight is 276 g/mol. The van der Waals surface area contributed by atoms with Gasteiger partial charge in [-0.25, -0.2) is 14.2 Å². The first kappa shape index (κ1) is 13.8. The maximum absolute atomic E-state index is 13.1. The summed E-state index contributed by atoms with van der Waals surface area (Å²) >= 11 is 0. The maximum atomic E-state index is 13.1. The van der Waals surface area contributed by atoms with E-state index in [-0.39, 0.29) is 5.82 Å². The predicted molar refractivity (Wildman–Crippen MR) is 71.5 cm³/mol. The number of amides is 1. The van der Waals surface area contributed by atoms with Gasteiger partial charge in [-0.15, -0.1) is 0 Å².